The van der Waals surface area contributed by atoms with E-state index < -0.39 is 17.9 Å². The van der Waals surface area contributed by atoms with Crippen molar-refractivity contribution in [2.24, 2.45) is 11.7 Å². The van der Waals surface area contributed by atoms with Crippen LogP contribution in [-0.4, -0.2) is 18.2 Å². The van der Waals surface area contributed by atoms with E-state index in [2.05, 4.69) is 0 Å². The van der Waals surface area contributed by atoms with E-state index in [0.29, 0.717) is 0 Å². The molecule has 2 unspecified atom stereocenters. The van der Waals surface area contributed by atoms with Gasteiger partial charge in [0.15, 0.2) is 0 Å². The SMILES string of the molecule is COc1c(C)cc(C(N)C(C)C(=O)O)c(C)c1C. The quantitative estimate of drug-likeness (QED) is 0.861. The lowest BCUT2D eigenvalue weighted by Crippen LogP contribution is -2.26. The largest absolute Gasteiger partial charge is 0.496 e. The Morgan fingerprint density at radius 1 is 1.33 bits per heavy atom. The molecule has 0 radical (unpaired) electrons. The van der Waals surface area contributed by atoms with Gasteiger partial charge in [0, 0.05) is 6.04 Å². The minimum absolute atomic E-state index is 0.509. The lowest BCUT2D eigenvalue weighted by Gasteiger charge is -2.22. The van der Waals surface area contributed by atoms with E-state index in [9.17, 15) is 4.79 Å². The summed E-state index contributed by atoms with van der Waals surface area (Å²) in [4.78, 5) is 11.0. The summed E-state index contributed by atoms with van der Waals surface area (Å²) in [5.74, 6) is -0.657. The molecule has 0 aliphatic heterocycles. The summed E-state index contributed by atoms with van der Waals surface area (Å²) in [6.45, 7) is 7.47. The minimum atomic E-state index is -0.881. The van der Waals surface area contributed by atoms with Crippen LogP contribution in [-0.2, 0) is 4.79 Å². The molecule has 0 aliphatic rings. The molecule has 0 amide bonds. The van der Waals surface area contributed by atoms with Gasteiger partial charge in [-0.2, -0.15) is 0 Å². The molecule has 1 aromatic carbocycles. The van der Waals surface area contributed by atoms with Gasteiger partial charge in [0.1, 0.15) is 5.75 Å². The summed E-state index contributed by atoms with van der Waals surface area (Å²) in [5.41, 5.74) is 9.91. The standard InChI is InChI=1S/C14H21NO3/c1-7-6-11(12(15)10(4)14(16)17)8(2)9(3)13(7)18-5/h6,10,12H,15H2,1-5H3,(H,16,17). The Labute approximate surface area is 108 Å². The van der Waals surface area contributed by atoms with Crippen LogP contribution in [0.4, 0.5) is 0 Å². The van der Waals surface area contributed by atoms with Crippen molar-refractivity contribution in [3.05, 3.63) is 28.3 Å². The van der Waals surface area contributed by atoms with Crippen LogP contribution in [0.3, 0.4) is 0 Å². The molecule has 0 aliphatic carbocycles. The van der Waals surface area contributed by atoms with Crippen molar-refractivity contribution >= 4 is 5.97 Å². The molecule has 1 rings (SSSR count). The molecule has 0 heterocycles. The number of carboxylic acid groups (broad SMARTS) is 1. The summed E-state index contributed by atoms with van der Waals surface area (Å²) in [7, 11) is 1.63. The summed E-state index contributed by atoms with van der Waals surface area (Å²) in [6.07, 6.45) is 0. The van der Waals surface area contributed by atoms with Crippen molar-refractivity contribution in [3.8, 4) is 5.75 Å². The number of aliphatic carboxylic acids is 1. The first-order valence-corrected chi connectivity index (χ1v) is 5.94. The molecular formula is C14H21NO3. The Morgan fingerprint density at radius 3 is 2.33 bits per heavy atom. The normalized spacial score (nSPS) is 14.1. The molecule has 0 aromatic heterocycles. The van der Waals surface area contributed by atoms with Gasteiger partial charge in [0.25, 0.3) is 0 Å². The Bertz CT molecular complexity index is 469. The van der Waals surface area contributed by atoms with E-state index in [0.717, 1.165) is 28.0 Å². The lowest BCUT2D eigenvalue weighted by molar-refractivity contribution is -0.141. The second-order valence-electron chi connectivity index (χ2n) is 4.72. The van der Waals surface area contributed by atoms with E-state index in [-0.39, 0.29) is 0 Å². The fraction of sp³-hybridized carbons (Fsp3) is 0.500. The maximum absolute atomic E-state index is 11.0. The molecule has 0 bridgehead atoms. The summed E-state index contributed by atoms with van der Waals surface area (Å²) in [5, 5.41) is 9.04. The maximum Gasteiger partial charge on any atom is 0.308 e. The topological polar surface area (TPSA) is 72.5 Å². The first-order valence-electron chi connectivity index (χ1n) is 5.94. The lowest BCUT2D eigenvalue weighted by atomic mass is 9.88. The van der Waals surface area contributed by atoms with Gasteiger partial charge in [-0.3, -0.25) is 4.79 Å². The van der Waals surface area contributed by atoms with Gasteiger partial charge in [0.2, 0.25) is 0 Å². The van der Waals surface area contributed by atoms with Crippen LogP contribution in [0, 0.1) is 26.7 Å². The van der Waals surface area contributed by atoms with Crippen molar-refractivity contribution < 1.29 is 14.6 Å². The monoisotopic (exact) mass is 251 g/mol. The number of carbonyl (C=O) groups is 1. The number of aryl methyl sites for hydroxylation is 1. The number of benzene rings is 1. The minimum Gasteiger partial charge on any atom is -0.496 e. The number of nitrogens with two attached hydrogens (primary N) is 1. The van der Waals surface area contributed by atoms with Crippen LogP contribution in [0.2, 0.25) is 0 Å². The predicted octanol–water partition coefficient (Wildman–Crippen LogP) is 2.34. The molecule has 0 saturated heterocycles. The first kappa shape index (κ1) is 14.5. The van der Waals surface area contributed by atoms with Gasteiger partial charge in [-0.15, -0.1) is 0 Å². The number of methoxy groups -OCH3 is 1. The van der Waals surface area contributed by atoms with Crippen molar-refractivity contribution in [2.45, 2.75) is 33.7 Å². The molecule has 1 aromatic rings. The fourth-order valence-electron chi connectivity index (χ4n) is 2.17. The van der Waals surface area contributed by atoms with Gasteiger partial charge in [-0.05, 0) is 43.0 Å². The summed E-state index contributed by atoms with van der Waals surface area (Å²) in [6, 6.07) is 1.41. The summed E-state index contributed by atoms with van der Waals surface area (Å²) >= 11 is 0. The molecule has 100 valence electrons. The highest BCUT2D eigenvalue weighted by atomic mass is 16.5. The second kappa shape index (κ2) is 5.40. The Morgan fingerprint density at radius 2 is 1.89 bits per heavy atom. The molecule has 3 N–H and O–H groups in total. The van der Waals surface area contributed by atoms with Crippen LogP contribution in [0.5, 0.6) is 5.75 Å². The number of ether oxygens (including phenoxy) is 1. The van der Waals surface area contributed by atoms with Gasteiger partial charge >= 0.3 is 5.97 Å². The number of hydrogen-bond donors (Lipinski definition) is 2. The Balaban J connectivity index is 3.31. The van der Waals surface area contributed by atoms with Gasteiger partial charge in [0.05, 0.1) is 13.0 Å². The average Bonchev–Trinajstić information content (AvgIpc) is 2.32. The van der Waals surface area contributed by atoms with Gasteiger partial charge in [-0.1, -0.05) is 13.0 Å². The van der Waals surface area contributed by atoms with Crippen LogP contribution < -0.4 is 10.5 Å². The van der Waals surface area contributed by atoms with Gasteiger partial charge < -0.3 is 15.6 Å². The highest BCUT2D eigenvalue weighted by Gasteiger charge is 2.24. The molecule has 0 saturated carbocycles. The third-order valence-electron chi connectivity index (χ3n) is 3.56. The summed E-state index contributed by atoms with van der Waals surface area (Å²) < 4.78 is 5.34. The number of carboxylic acids is 1. The molecule has 18 heavy (non-hydrogen) atoms. The first-order chi connectivity index (χ1) is 8.31. The Kier molecular flexibility index (Phi) is 4.35. The molecule has 4 nitrogen and oxygen atoms in total. The van der Waals surface area contributed by atoms with E-state index in [1.807, 2.05) is 26.8 Å². The van der Waals surface area contributed by atoms with Crippen LogP contribution in [0.25, 0.3) is 0 Å². The van der Waals surface area contributed by atoms with E-state index in [1.54, 1.807) is 14.0 Å². The highest BCUT2D eigenvalue weighted by molar-refractivity contribution is 5.71. The smallest absolute Gasteiger partial charge is 0.308 e. The van der Waals surface area contributed by atoms with Gasteiger partial charge in [-0.25, -0.2) is 0 Å². The number of rotatable bonds is 4. The molecule has 0 fully saturated rings. The van der Waals surface area contributed by atoms with Crippen LogP contribution in [0.15, 0.2) is 6.07 Å². The molecule has 2 atom stereocenters. The van der Waals surface area contributed by atoms with Crippen molar-refractivity contribution in [3.63, 3.8) is 0 Å². The zero-order valence-corrected chi connectivity index (χ0v) is 11.6. The van der Waals surface area contributed by atoms with Crippen LogP contribution >= 0.6 is 0 Å². The third-order valence-corrected chi connectivity index (χ3v) is 3.56. The zero-order chi connectivity index (χ0) is 14.0. The maximum atomic E-state index is 11.0. The predicted molar refractivity (Wildman–Crippen MR) is 70.9 cm³/mol. The zero-order valence-electron chi connectivity index (χ0n) is 11.6. The van der Waals surface area contributed by atoms with Crippen molar-refractivity contribution in [2.75, 3.05) is 7.11 Å². The van der Waals surface area contributed by atoms with Crippen molar-refractivity contribution in [1.29, 1.82) is 0 Å². The Hall–Kier alpha value is -1.55. The van der Waals surface area contributed by atoms with Crippen LogP contribution in [0.1, 0.15) is 35.2 Å². The molecular weight excluding hydrogens is 230 g/mol. The van der Waals surface area contributed by atoms with E-state index >= 15 is 0 Å². The number of hydrogen-bond acceptors (Lipinski definition) is 3. The van der Waals surface area contributed by atoms with E-state index in [1.165, 1.54) is 0 Å². The molecule has 0 spiro atoms. The second-order valence-corrected chi connectivity index (χ2v) is 4.72. The third kappa shape index (κ3) is 2.48. The van der Waals surface area contributed by atoms with Crippen molar-refractivity contribution in [1.82, 2.24) is 0 Å². The molecule has 4 heteroatoms. The highest BCUT2D eigenvalue weighted by Crippen LogP contribution is 2.33. The fourth-order valence-corrected chi connectivity index (χ4v) is 2.17. The van der Waals surface area contributed by atoms with E-state index in [4.69, 9.17) is 15.6 Å². The average molecular weight is 251 g/mol.